The molecule has 0 atom stereocenters. The van der Waals surface area contributed by atoms with Crippen LogP contribution < -0.4 is 15.1 Å². The van der Waals surface area contributed by atoms with E-state index in [9.17, 15) is 9.59 Å². The molecule has 0 aromatic heterocycles. The van der Waals surface area contributed by atoms with E-state index >= 15 is 0 Å². The quantitative estimate of drug-likeness (QED) is 0.865. The van der Waals surface area contributed by atoms with E-state index in [0.717, 1.165) is 31.9 Å². The molecule has 0 aliphatic carbocycles. The molecule has 2 aliphatic heterocycles. The first-order valence-electron chi connectivity index (χ1n) is 8.96. The Balaban J connectivity index is 1.65. The summed E-state index contributed by atoms with van der Waals surface area (Å²) in [7, 11) is 2.11. The Morgan fingerprint density at radius 2 is 1.59 bits per heavy atom. The summed E-state index contributed by atoms with van der Waals surface area (Å²) in [6, 6.07) is 12.6. The van der Waals surface area contributed by atoms with Gasteiger partial charge in [-0.05, 0) is 49.5 Å². The van der Waals surface area contributed by atoms with Crippen molar-refractivity contribution >= 4 is 40.5 Å². The van der Waals surface area contributed by atoms with Crippen LogP contribution in [0.4, 0.5) is 17.1 Å². The number of piperazine rings is 1. The Kier molecular flexibility index (Phi) is 4.76. The van der Waals surface area contributed by atoms with Gasteiger partial charge in [-0.1, -0.05) is 11.6 Å². The maximum Gasteiger partial charge on any atom is 0.260 e. The van der Waals surface area contributed by atoms with E-state index in [4.69, 9.17) is 11.6 Å². The molecule has 0 spiro atoms. The van der Waals surface area contributed by atoms with Crippen molar-refractivity contribution in [2.75, 3.05) is 54.9 Å². The van der Waals surface area contributed by atoms with E-state index in [0.29, 0.717) is 22.0 Å². The second-order valence-electron chi connectivity index (χ2n) is 6.94. The van der Waals surface area contributed by atoms with Gasteiger partial charge in [0.25, 0.3) is 5.91 Å². The van der Waals surface area contributed by atoms with Crippen molar-refractivity contribution in [2.45, 2.75) is 0 Å². The summed E-state index contributed by atoms with van der Waals surface area (Å²) in [5, 5.41) is 3.47. The van der Waals surface area contributed by atoms with E-state index < -0.39 is 0 Å². The third-order valence-electron chi connectivity index (χ3n) is 5.06. The Labute approximate surface area is 163 Å². The summed E-state index contributed by atoms with van der Waals surface area (Å²) >= 11 is 5.94. The molecule has 0 radical (unpaired) electrons. The Morgan fingerprint density at radius 1 is 0.926 bits per heavy atom. The lowest BCUT2D eigenvalue weighted by Crippen LogP contribution is -2.44. The number of carbonyl (C=O) groups excluding carboxylic acids is 2. The molecule has 1 fully saturated rings. The molecule has 2 aromatic carbocycles. The van der Waals surface area contributed by atoms with Crippen LogP contribution in [0.5, 0.6) is 0 Å². The zero-order valence-corrected chi connectivity index (χ0v) is 15.9. The van der Waals surface area contributed by atoms with Crippen LogP contribution in [0.1, 0.15) is 10.4 Å². The van der Waals surface area contributed by atoms with E-state index in [1.165, 1.54) is 4.90 Å². The zero-order chi connectivity index (χ0) is 19.0. The molecule has 0 bridgehead atoms. The number of rotatable bonds is 2. The number of halogens is 1. The number of hydrogen-bond donors (Lipinski definition) is 1. The molecule has 2 aliphatic rings. The standard InChI is InChI=1S/C20H21ClN4O2/c1-23-8-10-24(11-9-23)16-6-7-17-18(12-16)22-19(26)13-25(20(17)27)15-4-2-14(21)3-5-15/h2-7,12H,8-11,13H2,1H3,(H,22,26). The van der Waals surface area contributed by atoms with Gasteiger partial charge in [-0.25, -0.2) is 0 Å². The second-order valence-corrected chi connectivity index (χ2v) is 7.37. The highest BCUT2D eigenvalue weighted by molar-refractivity contribution is 6.30. The second kappa shape index (κ2) is 7.21. The van der Waals surface area contributed by atoms with Crippen molar-refractivity contribution in [3.05, 3.63) is 53.1 Å². The summed E-state index contributed by atoms with van der Waals surface area (Å²) < 4.78 is 0. The van der Waals surface area contributed by atoms with Crippen LogP contribution in [-0.4, -0.2) is 56.5 Å². The van der Waals surface area contributed by atoms with Gasteiger partial charge in [0.05, 0.1) is 11.3 Å². The Hall–Kier alpha value is -2.57. The molecule has 27 heavy (non-hydrogen) atoms. The number of fused-ring (bicyclic) bond motifs is 1. The third-order valence-corrected chi connectivity index (χ3v) is 5.31. The van der Waals surface area contributed by atoms with Crippen molar-refractivity contribution in [1.29, 1.82) is 0 Å². The molecule has 140 valence electrons. The first kappa shape index (κ1) is 17.8. The lowest BCUT2D eigenvalue weighted by molar-refractivity contribution is -0.114. The van der Waals surface area contributed by atoms with Crippen LogP contribution in [0.3, 0.4) is 0 Å². The van der Waals surface area contributed by atoms with E-state index in [2.05, 4.69) is 22.2 Å². The summed E-state index contributed by atoms with van der Waals surface area (Å²) in [6.45, 7) is 3.81. The van der Waals surface area contributed by atoms with Gasteiger partial charge in [0.15, 0.2) is 0 Å². The molecule has 0 saturated carbocycles. The molecular weight excluding hydrogens is 364 g/mol. The highest BCUT2D eigenvalue weighted by Crippen LogP contribution is 2.30. The highest BCUT2D eigenvalue weighted by atomic mass is 35.5. The van der Waals surface area contributed by atoms with Gasteiger partial charge in [-0.15, -0.1) is 0 Å². The monoisotopic (exact) mass is 384 g/mol. The number of hydrogen-bond acceptors (Lipinski definition) is 4. The van der Waals surface area contributed by atoms with Gasteiger partial charge >= 0.3 is 0 Å². The number of likely N-dealkylation sites (N-methyl/N-ethyl adjacent to an activating group) is 1. The minimum absolute atomic E-state index is 0.0288. The van der Waals surface area contributed by atoms with Crippen LogP contribution in [0.15, 0.2) is 42.5 Å². The molecule has 2 aromatic rings. The molecule has 6 nitrogen and oxygen atoms in total. The third kappa shape index (κ3) is 3.63. The van der Waals surface area contributed by atoms with Crippen LogP contribution in [0.25, 0.3) is 0 Å². The van der Waals surface area contributed by atoms with E-state index in [-0.39, 0.29) is 18.4 Å². The van der Waals surface area contributed by atoms with Crippen molar-refractivity contribution in [3.63, 3.8) is 0 Å². The average Bonchev–Trinajstić information content (AvgIpc) is 2.79. The van der Waals surface area contributed by atoms with Gasteiger partial charge < -0.3 is 15.1 Å². The molecule has 1 saturated heterocycles. The number of nitrogens with zero attached hydrogens (tertiary/aromatic N) is 3. The fourth-order valence-electron chi connectivity index (χ4n) is 3.46. The van der Waals surface area contributed by atoms with Crippen molar-refractivity contribution in [1.82, 2.24) is 4.90 Å². The van der Waals surface area contributed by atoms with E-state index in [1.807, 2.05) is 12.1 Å². The molecule has 0 unspecified atom stereocenters. The maximum absolute atomic E-state index is 13.1. The number of anilines is 3. The molecule has 4 rings (SSSR count). The molecule has 2 heterocycles. The van der Waals surface area contributed by atoms with Gasteiger partial charge in [-0.2, -0.15) is 0 Å². The van der Waals surface area contributed by atoms with Crippen LogP contribution >= 0.6 is 11.6 Å². The predicted molar refractivity (Wildman–Crippen MR) is 108 cm³/mol. The van der Waals surface area contributed by atoms with Crippen molar-refractivity contribution in [2.24, 2.45) is 0 Å². The first-order valence-corrected chi connectivity index (χ1v) is 9.34. The number of carbonyl (C=O) groups is 2. The topological polar surface area (TPSA) is 55.9 Å². The average molecular weight is 385 g/mol. The van der Waals surface area contributed by atoms with Crippen molar-refractivity contribution < 1.29 is 9.59 Å². The van der Waals surface area contributed by atoms with E-state index in [1.54, 1.807) is 30.3 Å². The van der Waals surface area contributed by atoms with Crippen LogP contribution in [0, 0.1) is 0 Å². The molecule has 1 N–H and O–H groups in total. The SMILES string of the molecule is CN1CCN(c2ccc3c(c2)NC(=O)CN(c2ccc(Cl)cc2)C3=O)CC1. The van der Waals surface area contributed by atoms with Crippen molar-refractivity contribution in [3.8, 4) is 0 Å². The summed E-state index contributed by atoms with van der Waals surface area (Å²) in [5.74, 6) is -0.414. The smallest absolute Gasteiger partial charge is 0.260 e. The first-order chi connectivity index (χ1) is 13.0. The lowest BCUT2D eigenvalue weighted by atomic mass is 10.1. The Bertz CT molecular complexity index is 876. The molecule has 7 heteroatoms. The number of nitrogens with one attached hydrogen (secondary N) is 1. The number of benzene rings is 2. The lowest BCUT2D eigenvalue weighted by Gasteiger charge is -2.34. The van der Waals surface area contributed by atoms with Crippen LogP contribution in [0.2, 0.25) is 5.02 Å². The maximum atomic E-state index is 13.1. The molecule has 2 amide bonds. The van der Waals surface area contributed by atoms with Gasteiger partial charge in [0.2, 0.25) is 5.91 Å². The minimum Gasteiger partial charge on any atom is -0.369 e. The van der Waals surface area contributed by atoms with Crippen LogP contribution in [-0.2, 0) is 4.79 Å². The summed E-state index contributed by atoms with van der Waals surface area (Å²) in [6.07, 6.45) is 0. The summed E-state index contributed by atoms with van der Waals surface area (Å²) in [4.78, 5) is 31.5. The normalized spacial score (nSPS) is 18.1. The van der Waals surface area contributed by atoms with Gasteiger partial charge in [0, 0.05) is 42.6 Å². The molecular formula is C20H21ClN4O2. The fraction of sp³-hybridized carbons (Fsp3) is 0.300. The Morgan fingerprint density at radius 3 is 2.30 bits per heavy atom. The largest absolute Gasteiger partial charge is 0.369 e. The number of amides is 2. The summed E-state index contributed by atoms with van der Waals surface area (Å²) in [5.41, 5.74) is 2.73. The highest BCUT2D eigenvalue weighted by Gasteiger charge is 2.28. The van der Waals surface area contributed by atoms with Gasteiger partial charge in [-0.3, -0.25) is 14.5 Å². The zero-order valence-electron chi connectivity index (χ0n) is 15.1. The minimum atomic E-state index is -0.215. The predicted octanol–water partition coefficient (Wildman–Crippen LogP) is 2.69. The van der Waals surface area contributed by atoms with Gasteiger partial charge in [0.1, 0.15) is 6.54 Å². The fourth-order valence-corrected chi connectivity index (χ4v) is 3.59.